The normalized spacial score (nSPS) is 25.5. The molecule has 0 saturated carbocycles. The Bertz CT molecular complexity index is 340. The fourth-order valence-electron chi connectivity index (χ4n) is 2.11. The van der Waals surface area contributed by atoms with Crippen LogP contribution in [0.4, 0.5) is 0 Å². The van der Waals surface area contributed by atoms with Crippen LogP contribution in [-0.2, 0) is 0 Å². The van der Waals surface area contributed by atoms with Gasteiger partial charge >= 0.3 is 0 Å². The van der Waals surface area contributed by atoms with Crippen molar-refractivity contribution in [2.24, 2.45) is 0 Å². The Morgan fingerprint density at radius 2 is 2.18 bits per heavy atom. The highest BCUT2D eigenvalue weighted by atomic mass is 15.0. The lowest BCUT2D eigenvalue weighted by molar-refractivity contribution is -0.440. The Morgan fingerprint density at radius 1 is 1.18 bits per heavy atom. The molecule has 54 valence electrons. The molecule has 2 aliphatic heterocycles. The van der Waals surface area contributed by atoms with E-state index in [4.69, 9.17) is 0 Å². The maximum absolute atomic E-state index is 2.37. The van der Waals surface area contributed by atoms with E-state index in [9.17, 15) is 0 Å². The van der Waals surface area contributed by atoms with Gasteiger partial charge in [0.25, 0.3) is 0 Å². The fourth-order valence-corrected chi connectivity index (χ4v) is 2.11. The molecule has 0 aromatic carbocycles. The molecule has 0 radical (unpaired) electrons. The zero-order valence-corrected chi connectivity index (χ0v) is 6.38. The molecule has 0 fully saturated rings. The highest BCUT2D eigenvalue weighted by Gasteiger charge is 2.32. The highest BCUT2D eigenvalue weighted by molar-refractivity contribution is 6.03. The molecule has 0 spiro atoms. The first-order valence-electron chi connectivity index (χ1n) is 4.13. The van der Waals surface area contributed by atoms with E-state index in [2.05, 4.69) is 29.0 Å². The SMILES string of the molecule is C1=CC2=C(C1)C[N+]1=C2CC=C1. The Kier molecular flexibility index (Phi) is 0.869. The van der Waals surface area contributed by atoms with E-state index < -0.39 is 0 Å². The molecule has 0 unspecified atom stereocenters. The van der Waals surface area contributed by atoms with Crippen molar-refractivity contribution in [3.05, 3.63) is 35.6 Å². The van der Waals surface area contributed by atoms with Crippen LogP contribution in [0.5, 0.6) is 0 Å². The van der Waals surface area contributed by atoms with Crippen LogP contribution in [0.3, 0.4) is 0 Å². The largest absolute Gasteiger partial charge is 0.198 e. The maximum Gasteiger partial charge on any atom is 0.193 e. The number of rotatable bonds is 0. The van der Waals surface area contributed by atoms with Crippen LogP contribution in [0.15, 0.2) is 35.6 Å². The first-order valence-corrected chi connectivity index (χ1v) is 4.13. The number of fused-ring (bicyclic) bond motifs is 1. The Labute approximate surface area is 66.0 Å². The van der Waals surface area contributed by atoms with Crippen LogP contribution in [0.1, 0.15) is 12.8 Å². The smallest absolute Gasteiger partial charge is 0.193 e. The molecule has 0 saturated heterocycles. The zero-order chi connectivity index (χ0) is 7.26. The monoisotopic (exact) mass is 144 g/mol. The molecule has 0 atom stereocenters. The number of allylic oxidation sites excluding steroid dienone is 4. The van der Waals surface area contributed by atoms with Crippen LogP contribution in [-0.4, -0.2) is 16.8 Å². The van der Waals surface area contributed by atoms with E-state index >= 15 is 0 Å². The number of hydrogen-bond donors (Lipinski definition) is 0. The van der Waals surface area contributed by atoms with Gasteiger partial charge in [0.2, 0.25) is 0 Å². The molecule has 0 N–H and O–H groups in total. The number of nitrogens with zero attached hydrogens (tertiary/aromatic N) is 1. The van der Waals surface area contributed by atoms with Crippen molar-refractivity contribution in [1.82, 2.24) is 0 Å². The molecule has 0 aromatic rings. The van der Waals surface area contributed by atoms with Crippen molar-refractivity contribution in [3.8, 4) is 0 Å². The first-order chi connectivity index (χ1) is 5.45. The summed E-state index contributed by atoms with van der Waals surface area (Å²) in [5.74, 6) is 0. The first kappa shape index (κ1) is 5.53. The molecule has 0 aromatic heterocycles. The summed E-state index contributed by atoms with van der Waals surface area (Å²) in [7, 11) is 0. The van der Waals surface area contributed by atoms with Crippen molar-refractivity contribution < 1.29 is 4.58 Å². The Hall–Kier alpha value is -1.11. The van der Waals surface area contributed by atoms with Gasteiger partial charge in [0, 0.05) is 11.1 Å². The molecule has 0 amide bonds. The van der Waals surface area contributed by atoms with Crippen LogP contribution in [0.25, 0.3) is 0 Å². The number of hydrogen-bond acceptors (Lipinski definition) is 0. The molecule has 2 heterocycles. The average molecular weight is 144 g/mol. The van der Waals surface area contributed by atoms with Crippen molar-refractivity contribution in [1.29, 1.82) is 0 Å². The summed E-state index contributed by atoms with van der Waals surface area (Å²) in [6, 6.07) is 0. The molecular weight excluding hydrogens is 134 g/mol. The van der Waals surface area contributed by atoms with Crippen molar-refractivity contribution in [3.63, 3.8) is 0 Å². The molecule has 11 heavy (non-hydrogen) atoms. The molecule has 3 aliphatic rings. The third-order valence-corrected chi connectivity index (χ3v) is 2.65. The lowest BCUT2D eigenvalue weighted by atomic mass is 10.1. The summed E-state index contributed by atoms with van der Waals surface area (Å²) in [6.45, 7) is 1.15. The van der Waals surface area contributed by atoms with E-state index in [1.807, 2.05) is 0 Å². The molecule has 0 bridgehead atoms. The van der Waals surface area contributed by atoms with Gasteiger partial charge in [-0.3, -0.25) is 0 Å². The molecular formula is C10H10N+. The van der Waals surface area contributed by atoms with Gasteiger partial charge in [-0.05, 0) is 12.5 Å². The zero-order valence-electron chi connectivity index (χ0n) is 6.38. The minimum absolute atomic E-state index is 1.14. The van der Waals surface area contributed by atoms with Crippen LogP contribution in [0.2, 0.25) is 0 Å². The highest BCUT2D eigenvalue weighted by Crippen LogP contribution is 2.28. The lowest BCUT2D eigenvalue weighted by Crippen LogP contribution is -2.06. The minimum atomic E-state index is 1.14. The van der Waals surface area contributed by atoms with Gasteiger partial charge in [-0.25, -0.2) is 0 Å². The van der Waals surface area contributed by atoms with E-state index in [0.29, 0.717) is 0 Å². The predicted octanol–water partition coefficient (Wildman–Crippen LogP) is 1.63. The Morgan fingerprint density at radius 3 is 3.18 bits per heavy atom. The van der Waals surface area contributed by atoms with Gasteiger partial charge in [0.15, 0.2) is 18.5 Å². The van der Waals surface area contributed by atoms with Gasteiger partial charge in [0.1, 0.15) is 0 Å². The Balaban J connectivity index is 2.12. The second-order valence-electron chi connectivity index (χ2n) is 3.29. The summed E-state index contributed by atoms with van der Waals surface area (Å²) in [5, 5.41) is 0. The van der Waals surface area contributed by atoms with Gasteiger partial charge in [-0.15, -0.1) is 0 Å². The topological polar surface area (TPSA) is 3.01 Å². The minimum Gasteiger partial charge on any atom is -0.198 e. The van der Waals surface area contributed by atoms with Crippen LogP contribution < -0.4 is 0 Å². The quantitative estimate of drug-likeness (QED) is 0.454. The van der Waals surface area contributed by atoms with E-state index in [-0.39, 0.29) is 0 Å². The summed E-state index contributed by atoms with van der Waals surface area (Å²) in [6.07, 6.45) is 11.3. The summed E-state index contributed by atoms with van der Waals surface area (Å²) < 4.78 is 2.37. The average Bonchev–Trinajstić information content (AvgIpc) is 2.52. The molecule has 1 heteroatoms. The van der Waals surface area contributed by atoms with Crippen molar-refractivity contribution in [2.75, 3.05) is 6.54 Å². The van der Waals surface area contributed by atoms with Gasteiger partial charge < -0.3 is 0 Å². The van der Waals surface area contributed by atoms with Crippen molar-refractivity contribution >= 4 is 5.71 Å². The summed E-state index contributed by atoms with van der Waals surface area (Å²) >= 11 is 0. The third-order valence-electron chi connectivity index (χ3n) is 2.65. The lowest BCUT2D eigenvalue weighted by Gasteiger charge is -1.89. The van der Waals surface area contributed by atoms with Crippen molar-refractivity contribution in [2.45, 2.75) is 12.8 Å². The molecule has 1 aliphatic carbocycles. The summed E-state index contributed by atoms with van der Waals surface area (Å²) in [5.41, 5.74) is 4.66. The van der Waals surface area contributed by atoms with Gasteiger partial charge in [-0.2, -0.15) is 4.58 Å². The van der Waals surface area contributed by atoms with E-state index in [0.717, 1.165) is 13.0 Å². The standard InChI is InChI=1S/C10H10N/c1-3-8-7-11-6-2-5-10(11)9(8)4-1/h1-2,4,6H,3,5,7H2/q+1. The maximum atomic E-state index is 2.37. The summed E-state index contributed by atoms with van der Waals surface area (Å²) in [4.78, 5) is 0. The van der Waals surface area contributed by atoms with Gasteiger partial charge in [0.05, 0.1) is 6.42 Å². The van der Waals surface area contributed by atoms with E-state index in [1.165, 1.54) is 17.7 Å². The molecule has 3 rings (SSSR count). The van der Waals surface area contributed by atoms with Crippen LogP contribution >= 0.6 is 0 Å². The second kappa shape index (κ2) is 1.73. The van der Waals surface area contributed by atoms with Crippen LogP contribution in [0, 0.1) is 0 Å². The third kappa shape index (κ3) is 0.584. The van der Waals surface area contributed by atoms with E-state index in [1.54, 1.807) is 5.57 Å². The second-order valence-corrected chi connectivity index (χ2v) is 3.29. The molecule has 1 nitrogen and oxygen atoms in total. The fraction of sp³-hybridized carbons (Fsp3) is 0.300. The predicted molar refractivity (Wildman–Crippen MR) is 44.7 cm³/mol. The van der Waals surface area contributed by atoms with Gasteiger partial charge in [-0.1, -0.05) is 12.2 Å².